The Hall–Kier alpha value is -0.710. The van der Waals surface area contributed by atoms with E-state index in [9.17, 15) is 54.2 Å². The summed E-state index contributed by atoms with van der Waals surface area (Å²) in [5.74, 6) is -2.72. The maximum atomic E-state index is 11.4. The number of hydrogen-bond acceptors (Lipinski definition) is 20. The SMILES string of the molecule is COC[C@H]1OC(COS(=O)(=O)[O-])[C@H](COC[C@@H]2OC(C)(CO)[C@H](O)[C@@H](COC)C2OS(=O)(=O)[O-])[C@@H](O)C1OS(=O)(=O)[O-]. The van der Waals surface area contributed by atoms with Crippen molar-refractivity contribution in [2.45, 2.75) is 55.3 Å². The Labute approximate surface area is 242 Å². The topological polar surface area (TPSA) is 306 Å². The van der Waals surface area contributed by atoms with E-state index >= 15 is 0 Å². The molecule has 2 heterocycles. The Kier molecular flexibility index (Phi) is 13.4. The van der Waals surface area contributed by atoms with Gasteiger partial charge in [0.25, 0.3) is 0 Å². The van der Waals surface area contributed by atoms with Crippen molar-refractivity contribution in [2.75, 3.05) is 53.9 Å². The van der Waals surface area contributed by atoms with Gasteiger partial charge in [0.1, 0.15) is 30.0 Å². The van der Waals surface area contributed by atoms with Crippen LogP contribution in [0.25, 0.3) is 0 Å². The Morgan fingerprint density at radius 1 is 0.738 bits per heavy atom. The molecule has 0 spiro atoms. The number of aliphatic hydroxyl groups excluding tert-OH is 3. The maximum Gasteiger partial charge on any atom is 0.218 e. The van der Waals surface area contributed by atoms with Crippen LogP contribution in [-0.2, 0) is 67.4 Å². The third kappa shape index (κ3) is 10.7. The lowest BCUT2D eigenvalue weighted by Gasteiger charge is -2.49. The molecule has 0 amide bonds. The van der Waals surface area contributed by atoms with Gasteiger partial charge in [-0.05, 0) is 6.92 Å². The molecule has 3 N–H and O–H groups in total. The van der Waals surface area contributed by atoms with E-state index in [1.807, 2.05) is 0 Å². The largest absolute Gasteiger partial charge is 0.726 e. The van der Waals surface area contributed by atoms with Gasteiger partial charge in [-0.2, -0.15) is 0 Å². The summed E-state index contributed by atoms with van der Waals surface area (Å²) in [5.41, 5.74) is -1.73. The zero-order valence-electron chi connectivity index (χ0n) is 22.4. The first-order chi connectivity index (χ1) is 19.2. The molecule has 0 aromatic heterocycles. The van der Waals surface area contributed by atoms with E-state index in [-0.39, 0.29) is 6.61 Å². The van der Waals surface area contributed by atoms with Crippen molar-refractivity contribution in [1.29, 1.82) is 0 Å². The monoisotopic (exact) mass is 677 g/mol. The van der Waals surface area contributed by atoms with Gasteiger partial charge in [-0.15, -0.1) is 0 Å². The van der Waals surface area contributed by atoms with Gasteiger partial charge in [-0.25, -0.2) is 25.3 Å². The summed E-state index contributed by atoms with van der Waals surface area (Å²) in [6, 6.07) is 0. The zero-order chi connectivity index (χ0) is 32.1. The van der Waals surface area contributed by atoms with Gasteiger partial charge in [-0.1, -0.05) is 0 Å². The van der Waals surface area contributed by atoms with Crippen molar-refractivity contribution in [3.8, 4) is 0 Å². The molecule has 0 bridgehead atoms. The second-order valence-corrected chi connectivity index (χ2v) is 12.8. The van der Waals surface area contributed by atoms with Gasteiger partial charge >= 0.3 is 0 Å². The van der Waals surface area contributed by atoms with E-state index in [0.717, 1.165) is 7.11 Å². The molecule has 0 saturated carbocycles. The highest BCUT2D eigenvalue weighted by atomic mass is 32.3. The molecular weight excluding hydrogens is 644 g/mol. The molecule has 0 aromatic carbocycles. The Balaban J connectivity index is 2.35. The quantitative estimate of drug-likeness (QED) is 0.102. The third-order valence-corrected chi connectivity index (χ3v) is 7.98. The van der Waals surface area contributed by atoms with Crippen molar-refractivity contribution in [1.82, 2.24) is 0 Å². The molecule has 10 atom stereocenters. The number of methoxy groups -OCH3 is 2. The summed E-state index contributed by atoms with van der Waals surface area (Å²) in [5, 5.41) is 31.4. The van der Waals surface area contributed by atoms with Gasteiger partial charge in [0, 0.05) is 26.1 Å². The van der Waals surface area contributed by atoms with Crippen molar-refractivity contribution >= 4 is 31.2 Å². The Morgan fingerprint density at radius 3 is 1.81 bits per heavy atom. The number of hydrogen-bond donors (Lipinski definition) is 3. The third-order valence-electron chi connectivity index (χ3n) is 6.64. The van der Waals surface area contributed by atoms with Crippen molar-refractivity contribution in [3.63, 3.8) is 0 Å². The fourth-order valence-corrected chi connectivity index (χ4v) is 6.13. The van der Waals surface area contributed by atoms with E-state index in [4.69, 9.17) is 23.7 Å². The smallest absolute Gasteiger partial charge is 0.218 e. The standard InChI is InChI=1S/C19H36O20S3/c1-19(9-20)18(22)11(4-32-2)16(38-41(26,27)28)14(37-19)7-34-5-10-12(8-35-40(23,24)25)36-13(6-33-3)17(15(10)21)39-42(29,30)31/h10-18,20-22H,4-9H2,1-3H3,(H,23,24,25)(H,26,27,28)(H,29,30,31)/p-3/t10-,11-,12?,13+,14-,15+,16?,17?,18+,19?/m0/s1. The molecule has 250 valence electrons. The summed E-state index contributed by atoms with van der Waals surface area (Å²) in [6.45, 7) is -2.72. The van der Waals surface area contributed by atoms with Crippen LogP contribution in [0.2, 0.25) is 0 Å². The summed E-state index contributed by atoms with van der Waals surface area (Å²) in [6.07, 6.45) is -11.6. The number of aliphatic hydroxyl groups is 3. The van der Waals surface area contributed by atoms with E-state index in [0.29, 0.717) is 0 Å². The fraction of sp³-hybridized carbons (Fsp3) is 1.00. The Bertz CT molecular complexity index is 1170. The van der Waals surface area contributed by atoms with Gasteiger partial charge in [-0.3, -0.25) is 12.5 Å². The van der Waals surface area contributed by atoms with Crippen molar-refractivity contribution < 1.29 is 90.5 Å². The normalized spacial score (nSPS) is 36.6. The minimum atomic E-state index is -5.43. The van der Waals surface area contributed by atoms with E-state index in [1.54, 1.807) is 0 Å². The summed E-state index contributed by atoms with van der Waals surface area (Å²) in [7, 11) is -13.7. The highest BCUT2D eigenvalue weighted by molar-refractivity contribution is 7.81. The first-order valence-corrected chi connectivity index (χ1v) is 16.0. The molecule has 0 aromatic rings. The van der Waals surface area contributed by atoms with E-state index in [1.165, 1.54) is 14.0 Å². The van der Waals surface area contributed by atoms with E-state index in [2.05, 4.69) is 12.5 Å². The molecule has 2 fully saturated rings. The van der Waals surface area contributed by atoms with Gasteiger partial charge in [0.2, 0.25) is 31.2 Å². The zero-order valence-corrected chi connectivity index (χ0v) is 24.9. The molecule has 2 rings (SSSR count). The van der Waals surface area contributed by atoms with Gasteiger partial charge in [0.15, 0.2) is 0 Å². The van der Waals surface area contributed by atoms with Gasteiger partial charge in [0.05, 0.1) is 58.0 Å². The molecule has 4 unspecified atom stereocenters. The van der Waals surface area contributed by atoms with Crippen LogP contribution in [0.5, 0.6) is 0 Å². The van der Waals surface area contributed by atoms with Crippen LogP contribution in [0.15, 0.2) is 0 Å². The lowest BCUT2D eigenvalue weighted by molar-refractivity contribution is -0.268. The number of rotatable bonds is 16. The minimum Gasteiger partial charge on any atom is -0.726 e. The van der Waals surface area contributed by atoms with Crippen LogP contribution in [0, 0.1) is 11.8 Å². The van der Waals surface area contributed by atoms with Crippen LogP contribution in [0.1, 0.15) is 6.92 Å². The predicted octanol–water partition coefficient (Wildman–Crippen LogP) is -4.67. The molecule has 2 aliphatic rings. The summed E-state index contributed by atoms with van der Waals surface area (Å²) in [4.78, 5) is 0. The van der Waals surface area contributed by atoms with Crippen LogP contribution >= 0.6 is 0 Å². The lowest BCUT2D eigenvalue weighted by atomic mass is 9.80. The van der Waals surface area contributed by atoms with Crippen LogP contribution < -0.4 is 0 Å². The molecule has 2 saturated heterocycles. The minimum absolute atomic E-state index is 0.362. The fourth-order valence-electron chi connectivity index (χ4n) is 4.78. The average molecular weight is 678 g/mol. The second kappa shape index (κ2) is 15.0. The molecular formula is C19H33O20S3-3. The van der Waals surface area contributed by atoms with Crippen molar-refractivity contribution in [3.05, 3.63) is 0 Å². The lowest BCUT2D eigenvalue weighted by Crippen LogP contribution is -2.64. The highest BCUT2D eigenvalue weighted by Gasteiger charge is 2.53. The first-order valence-electron chi connectivity index (χ1n) is 12.0. The molecule has 0 radical (unpaired) electrons. The second-order valence-electron chi connectivity index (χ2n) is 9.68. The summed E-state index contributed by atoms with van der Waals surface area (Å²) >= 11 is 0. The van der Waals surface area contributed by atoms with E-state index < -0.39 is 124 Å². The Morgan fingerprint density at radius 2 is 1.31 bits per heavy atom. The van der Waals surface area contributed by atoms with Crippen molar-refractivity contribution in [2.24, 2.45) is 11.8 Å². The maximum absolute atomic E-state index is 11.4. The average Bonchev–Trinajstić information content (AvgIpc) is 2.85. The predicted molar refractivity (Wildman–Crippen MR) is 127 cm³/mol. The van der Waals surface area contributed by atoms with Crippen LogP contribution in [-0.4, -0.2) is 156 Å². The van der Waals surface area contributed by atoms with Gasteiger partial charge < -0.3 is 52.7 Å². The molecule has 20 nitrogen and oxygen atoms in total. The molecule has 0 aliphatic carbocycles. The van der Waals surface area contributed by atoms with Crippen LogP contribution in [0.4, 0.5) is 0 Å². The molecule has 2 aliphatic heterocycles. The molecule has 42 heavy (non-hydrogen) atoms. The first kappa shape index (κ1) is 37.5. The molecule has 23 heteroatoms. The summed E-state index contributed by atoms with van der Waals surface area (Å²) < 4.78 is 141. The van der Waals surface area contributed by atoms with Crippen LogP contribution in [0.3, 0.4) is 0 Å². The highest BCUT2D eigenvalue weighted by Crippen LogP contribution is 2.37. The number of ether oxygens (including phenoxy) is 5.